The summed E-state index contributed by atoms with van der Waals surface area (Å²) in [5, 5.41) is 0.260. The van der Waals surface area contributed by atoms with Gasteiger partial charge in [0.15, 0.2) is 0 Å². The zero-order chi connectivity index (χ0) is 37.0. The van der Waals surface area contributed by atoms with Crippen molar-refractivity contribution in [1.82, 2.24) is 14.1 Å². The Balaban J connectivity index is 1.46. The van der Waals surface area contributed by atoms with Gasteiger partial charge in [0.1, 0.15) is 34.1 Å². The van der Waals surface area contributed by atoms with E-state index >= 15 is 0 Å². The number of aromatic nitrogens is 3. The lowest BCUT2D eigenvalue weighted by Crippen LogP contribution is -2.54. The van der Waals surface area contributed by atoms with E-state index in [-0.39, 0.29) is 36.0 Å². The first-order chi connectivity index (χ1) is 23.9. The molecule has 2 aliphatic carbocycles. The van der Waals surface area contributed by atoms with Gasteiger partial charge in [-0.2, -0.15) is 8.42 Å². The number of hydrogen-bond acceptors (Lipinski definition) is 12. The molecule has 0 radical (unpaired) electrons. The lowest BCUT2D eigenvalue weighted by Gasteiger charge is -2.30. The normalized spacial score (nSPS) is 21.6. The molecule has 0 spiro atoms. The average Bonchev–Trinajstić information content (AvgIpc) is 3.81. The summed E-state index contributed by atoms with van der Waals surface area (Å²) < 4.78 is 55.3. The third-order valence-corrected chi connectivity index (χ3v) is 11.7. The number of nitrogens with zero attached hydrogens (tertiary/aromatic N) is 3. The molecule has 51 heavy (non-hydrogen) atoms. The van der Waals surface area contributed by atoms with Crippen LogP contribution in [0.4, 0.5) is 0 Å². The van der Waals surface area contributed by atoms with E-state index in [1.807, 2.05) is 24.3 Å². The van der Waals surface area contributed by atoms with Crippen molar-refractivity contribution in [2.45, 2.75) is 103 Å². The van der Waals surface area contributed by atoms with Gasteiger partial charge < -0.3 is 18.6 Å². The van der Waals surface area contributed by atoms with Crippen LogP contribution in [0.25, 0.3) is 21.0 Å². The summed E-state index contributed by atoms with van der Waals surface area (Å²) in [6.07, 6.45) is 5.41. The molecule has 0 N–H and O–H groups in total. The number of rotatable bonds is 11. The van der Waals surface area contributed by atoms with Crippen LogP contribution in [-0.4, -0.2) is 59.7 Å². The molecule has 1 aromatic carbocycles. The minimum absolute atomic E-state index is 0.0169. The third kappa shape index (κ3) is 7.44. The maximum Gasteiger partial charge on any atom is 0.333 e. The smallest absolute Gasteiger partial charge is 0.333 e. The predicted molar refractivity (Wildman–Crippen MR) is 192 cm³/mol. The van der Waals surface area contributed by atoms with Gasteiger partial charge in [0.05, 0.1) is 48.6 Å². The highest BCUT2D eigenvalue weighted by Gasteiger charge is 2.45. The van der Waals surface area contributed by atoms with Crippen molar-refractivity contribution in [3.63, 3.8) is 0 Å². The van der Waals surface area contributed by atoms with Crippen molar-refractivity contribution < 1.29 is 36.0 Å². The van der Waals surface area contributed by atoms with Gasteiger partial charge in [0.25, 0.3) is 15.7 Å². The van der Waals surface area contributed by atoms with E-state index in [1.54, 1.807) is 34.8 Å². The van der Waals surface area contributed by atoms with Crippen LogP contribution in [0.15, 0.2) is 50.7 Å². The Bertz CT molecular complexity index is 2140. The number of fused-ring (bicyclic) bond motifs is 2. The summed E-state index contributed by atoms with van der Waals surface area (Å²) >= 11 is 1.21. The SMILES string of the molecule is COc1ccccc1C(Cn1c(=O)n(C(C)(C)C(=O)OC(C)(C)C)c(=O)c2c(C)c(-c3ncco3)sc21)OC1C[C@@H]2CC(OS(C)(=O)=O)C[C@@H]2C1. The standard InChI is InChI=1S/C36H45N3O10S2/c1-20-28-31(40)39(36(5,6)33(41)48-35(2,3)4)34(42)38(32(28)50-29(20)30-37-13-14-46-30)19-27(25-11-9-10-12-26(25)45-7)47-23-15-21-17-24(18-22(21)16-23)49-51(8,43)44/h9-14,21-24,27H,15-19H2,1-8H3/t21-,22+,23?,24?,27?. The van der Waals surface area contributed by atoms with Crippen molar-refractivity contribution in [2.75, 3.05) is 13.4 Å². The summed E-state index contributed by atoms with van der Waals surface area (Å²) in [6, 6.07) is 7.42. The maximum absolute atomic E-state index is 14.7. The van der Waals surface area contributed by atoms with Gasteiger partial charge in [0, 0.05) is 5.56 Å². The Morgan fingerprint density at radius 1 is 1.06 bits per heavy atom. The molecule has 4 aromatic rings. The molecular formula is C36H45N3O10S2. The Morgan fingerprint density at radius 2 is 1.71 bits per heavy atom. The number of oxazole rings is 1. The second-order valence-corrected chi connectivity index (χ2v) is 17.6. The number of benzene rings is 1. The molecule has 2 fully saturated rings. The molecule has 0 amide bonds. The molecule has 3 aromatic heterocycles. The van der Waals surface area contributed by atoms with E-state index < -0.39 is 44.6 Å². The summed E-state index contributed by atoms with van der Waals surface area (Å²) in [5.41, 5.74) is -2.59. The maximum atomic E-state index is 14.7. The molecule has 3 unspecified atom stereocenters. The van der Waals surface area contributed by atoms with Crippen LogP contribution < -0.4 is 16.0 Å². The Morgan fingerprint density at radius 3 is 2.29 bits per heavy atom. The number of esters is 1. The molecule has 15 heteroatoms. The minimum Gasteiger partial charge on any atom is -0.496 e. The van der Waals surface area contributed by atoms with Crippen LogP contribution in [0, 0.1) is 18.8 Å². The number of aryl methyl sites for hydroxylation is 1. The van der Waals surface area contributed by atoms with Gasteiger partial charge in [-0.25, -0.2) is 19.1 Å². The molecule has 0 saturated heterocycles. The minimum atomic E-state index is -3.56. The van der Waals surface area contributed by atoms with E-state index in [2.05, 4.69) is 4.98 Å². The lowest BCUT2D eigenvalue weighted by atomic mass is 10.0. The van der Waals surface area contributed by atoms with E-state index in [1.165, 1.54) is 42.2 Å². The molecule has 2 saturated carbocycles. The van der Waals surface area contributed by atoms with Crippen LogP contribution in [0.1, 0.15) is 77.5 Å². The molecule has 13 nitrogen and oxygen atoms in total. The topological polar surface area (TPSA) is 158 Å². The largest absolute Gasteiger partial charge is 0.496 e. The van der Waals surface area contributed by atoms with Crippen molar-refractivity contribution >= 4 is 37.6 Å². The molecule has 6 rings (SSSR count). The predicted octanol–water partition coefficient (Wildman–Crippen LogP) is 5.56. The third-order valence-electron chi connectivity index (χ3n) is 9.73. The highest BCUT2D eigenvalue weighted by molar-refractivity contribution is 7.86. The molecule has 0 bridgehead atoms. The molecule has 0 aliphatic heterocycles. The number of ether oxygens (including phenoxy) is 3. The first-order valence-corrected chi connectivity index (χ1v) is 19.6. The molecule has 276 valence electrons. The average molecular weight is 744 g/mol. The summed E-state index contributed by atoms with van der Waals surface area (Å²) in [4.78, 5) is 48.0. The summed E-state index contributed by atoms with van der Waals surface area (Å²) in [6.45, 7) is 9.93. The molecule has 3 heterocycles. The van der Waals surface area contributed by atoms with Crippen molar-refractivity contribution in [3.8, 4) is 16.5 Å². The van der Waals surface area contributed by atoms with Gasteiger partial charge in [-0.05, 0) is 90.7 Å². The monoisotopic (exact) mass is 743 g/mol. The Hall–Kier alpha value is -3.79. The fourth-order valence-corrected chi connectivity index (χ4v) is 9.42. The summed E-state index contributed by atoms with van der Waals surface area (Å²) in [7, 11) is -1.99. The number of hydrogen-bond donors (Lipinski definition) is 0. The molecule has 2 aliphatic rings. The zero-order valence-corrected chi connectivity index (χ0v) is 31.8. The van der Waals surface area contributed by atoms with Crippen LogP contribution in [0.3, 0.4) is 0 Å². The van der Waals surface area contributed by atoms with Gasteiger partial charge in [-0.1, -0.05) is 18.2 Å². The quantitative estimate of drug-likeness (QED) is 0.140. The van der Waals surface area contributed by atoms with Gasteiger partial charge in [0.2, 0.25) is 5.89 Å². The second-order valence-electron chi connectivity index (χ2n) is 15.0. The first kappa shape index (κ1) is 37.0. The van der Waals surface area contributed by atoms with E-state index in [0.29, 0.717) is 58.2 Å². The van der Waals surface area contributed by atoms with Crippen molar-refractivity contribution in [3.05, 3.63) is 68.7 Å². The van der Waals surface area contributed by atoms with Gasteiger partial charge in [-0.3, -0.25) is 13.5 Å². The van der Waals surface area contributed by atoms with Crippen LogP contribution in [0.2, 0.25) is 0 Å². The van der Waals surface area contributed by atoms with Gasteiger partial charge >= 0.3 is 11.7 Å². The van der Waals surface area contributed by atoms with Gasteiger partial charge in [-0.15, -0.1) is 11.3 Å². The van der Waals surface area contributed by atoms with Crippen molar-refractivity contribution in [1.29, 1.82) is 0 Å². The highest BCUT2D eigenvalue weighted by atomic mass is 32.2. The number of para-hydroxylation sites is 1. The number of carbonyl (C=O) groups is 1. The number of carbonyl (C=O) groups excluding carboxylic acids is 1. The first-order valence-electron chi connectivity index (χ1n) is 17.0. The highest BCUT2D eigenvalue weighted by Crippen LogP contribution is 2.48. The Kier molecular flexibility index (Phi) is 9.89. The summed E-state index contributed by atoms with van der Waals surface area (Å²) in [5.74, 6) is 0.604. The zero-order valence-electron chi connectivity index (χ0n) is 30.1. The number of methoxy groups -OCH3 is 1. The van der Waals surface area contributed by atoms with Crippen molar-refractivity contribution in [2.24, 2.45) is 11.8 Å². The number of thiophene rings is 1. The molecular weight excluding hydrogens is 699 g/mol. The lowest BCUT2D eigenvalue weighted by molar-refractivity contribution is -0.164. The second kappa shape index (κ2) is 13.6. The van der Waals surface area contributed by atoms with Crippen LogP contribution in [-0.2, 0) is 40.7 Å². The fraction of sp³-hybridized carbons (Fsp3) is 0.556. The molecule has 5 atom stereocenters. The Labute approximate surface area is 300 Å². The van der Waals surface area contributed by atoms with E-state index in [9.17, 15) is 22.8 Å². The van der Waals surface area contributed by atoms with Crippen LogP contribution >= 0.6 is 11.3 Å². The van der Waals surface area contributed by atoms with Crippen LogP contribution in [0.5, 0.6) is 5.75 Å². The van der Waals surface area contributed by atoms with E-state index in [4.69, 9.17) is 22.8 Å². The van der Waals surface area contributed by atoms with E-state index in [0.717, 1.165) is 10.8 Å². The fourth-order valence-electron chi connectivity index (χ4n) is 7.52.